The molecule has 0 aromatic carbocycles. The molecule has 1 aliphatic heterocycles. The van der Waals surface area contributed by atoms with Crippen molar-refractivity contribution in [2.75, 3.05) is 32.7 Å². The summed E-state index contributed by atoms with van der Waals surface area (Å²) in [4.78, 5) is 27.1. The maximum atomic E-state index is 12.9. The number of carbonyl (C=O) groups is 2. The second-order valence-corrected chi connectivity index (χ2v) is 5.98. The van der Waals surface area contributed by atoms with Gasteiger partial charge in [-0.05, 0) is 12.1 Å². The number of halogens is 2. The van der Waals surface area contributed by atoms with Crippen LogP contribution in [-0.4, -0.2) is 60.3 Å². The third-order valence-electron chi connectivity index (χ3n) is 4.22. The molecule has 8 heteroatoms. The fraction of sp³-hybridized carbons (Fsp3) is 0.600. The minimum atomic E-state index is -2.82. The van der Waals surface area contributed by atoms with Gasteiger partial charge in [0, 0.05) is 32.6 Å². The fourth-order valence-electron chi connectivity index (χ4n) is 2.69. The Labute approximate surface area is 132 Å². The molecule has 126 valence electrons. The molecule has 1 aliphatic carbocycles. The Morgan fingerprint density at radius 1 is 1.30 bits per heavy atom. The zero-order valence-corrected chi connectivity index (χ0v) is 12.6. The van der Waals surface area contributed by atoms with Gasteiger partial charge in [0.1, 0.15) is 11.7 Å². The molecule has 0 radical (unpaired) electrons. The van der Waals surface area contributed by atoms with Gasteiger partial charge < -0.3 is 14.6 Å². The van der Waals surface area contributed by atoms with E-state index in [0.29, 0.717) is 38.5 Å². The lowest BCUT2D eigenvalue weighted by molar-refractivity contribution is -0.136. The Kier molecular flexibility index (Phi) is 4.34. The number of piperazine rings is 1. The van der Waals surface area contributed by atoms with E-state index >= 15 is 0 Å². The Morgan fingerprint density at radius 3 is 2.57 bits per heavy atom. The van der Waals surface area contributed by atoms with Gasteiger partial charge in [0.2, 0.25) is 11.8 Å². The summed E-state index contributed by atoms with van der Waals surface area (Å²) < 4.78 is 31.0. The summed E-state index contributed by atoms with van der Waals surface area (Å²) in [7, 11) is 0. The largest absolute Gasteiger partial charge is 0.467 e. The summed E-state index contributed by atoms with van der Waals surface area (Å²) in [5.74, 6) is -3.86. The molecule has 2 heterocycles. The first-order chi connectivity index (χ1) is 11.0. The van der Waals surface area contributed by atoms with Crippen LogP contribution in [0.1, 0.15) is 12.2 Å². The number of amides is 2. The predicted octanol–water partition coefficient (Wildman–Crippen LogP) is 0.695. The second kappa shape index (κ2) is 6.27. The lowest BCUT2D eigenvalue weighted by Gasteiger charge is -2.34. The number of nitrogens with one attached hydrogen (secondary N) is 1. The maximum Gasteiger partial charge on any atom is 0.260 e. The lowest BCUT2D eigenvalue weighted by atomic mass is 10.2. The molecule has 2 aliphatic rings. The van der Waals surface area contributed by atoms with Gasteiger partial charge >= 0.3 is 0 Å². The van der Waals surface area contributed by atoms with Crippen molar-refractivity contribution in [2.45, 2.75) is 18.9 Å². The van der Waals surface area contributed by atoms with Crippen LogP contribution in [0.4, 0.5) is 8.78 Å². The fourth-order valence-corrected chi connectivity index (χ4v) is 2.69. The van der Waals surface area contributed by atoms with Crippen molar-refractivity contribution >= 4 is 11.8 Å². The number of hydrogen-bond donors (Lipinski definition) is 1. The summed E-state index contributed by atoms with van der Waals surface area (Å²) in [6.45, 7) is 2.35. The molecule has 1 aromatic heterocycles. The Morgan fingerprint density at radius 2 is 2.00 bits per heavy atom. The normalized spacial score (nSPS) is 23.6. The molecule has 23 heavy (non-hydrogen) atoms. The Bertz CT molecular complexity index is 569. The smallest absolute Gasteiger partial charge is 0.260 e. The number of alkyl halides is 2. The average molecular weight is 327 g/mol. The van der Waals surface area contributed by atoms with Crippen LogP contribution in [0.3, 0.4) is 0 Å². The molecule has 1 saturated carbocycles. The van der Waals surface area contributed by atoms with E-state index in [0.717, 1.165) is 0 Å². The van der Waals surface area contributed by atoms with E-state index in [1.165, 1.54) is 4.90 Å². The third-order valence-corrected chi connectivity index (χ3v) is 4.22. The van der Waals surface area contributed by atoms with Gasteiger partial charge in [0.25, 0.3) is 5.92 Å². The number of nitrogens with zero attached hydrogens (tertiary/aromatic N) is 2. The van der Waals surface area contributed by atoms with Crippen LogP contribution >= 0.6 is 0 Å². The van der Waals surface area contributed by atoms with E-state index in [-0.39, 0.29) is 18.9 Å². The molecule has 1 N–H and O–H groups in total. The topological polar surface area (TPSA) is 65.8 Å². The Balaban J connectivity index is 1.37. The minimum Gasteiger partial charge on any atom is -0.467 e. The van der Waals surface area contributed by atoms with Gasteiger partial charge in [-0.25, -0.2) is 8.78 Å². The van der Waals surface area contributed by atoms with Gasteiger partial charge in [0.15, 0.2) is 0 Å². The highest BCUT2D eigenvalue weighted by molar-refractivity contribution is 5.83. The Hall–Kier alpha value is -1.96. The van der Waals surface area contributed by atoms with Crippen LogP contribution in [0.25, 0.3) is 0 Å². The van der Waals surface area contributed by atoms with Crippen molar-refractivity contribution in [2.24, 2.45) is 5.92 Å². The van der Waals surface area contributed by atoms with Crippen LogP contribution in [0.5, 0.6) is 0 Å². The van der Waals surface area contributed by atoms with Crippen molar-refractivity contribution in [3.05, 3.63) is 24.2 Å². The predicted molar refractivity (Wildman–Crippen MR) is 76.6 cm³/mol. The summed E-state index contributed by atoms with van der Waals surface area (Å²) in [5, 5.41) is 2.75. The molecule has 2 amide bonds. The van der Waals surface area contributed by atoms with Crippen LogP contribution in [0.2, 0.25) is 0 Å². The van der Waals surface area contributed by atoms with Crippen molar-refractivity contribution in [1.29, 1.82) is 0 Å². The summed E-state index contributed by atoms with van der Waals surface area (Å²) in [6, 6.07) is 3.53. The maximum absolute atomic E-state index is 12.9. The molecular formula is C15H19F2N3O3. The number of carbonyl (C=O) groups excluding carboxylic acids is 2. The van der Waals surface area contributed by atoms with E-state index < -0.39 is 17.7 Å². The van der Waals surface area contributed by atoms with E-state index in [4.69, 9.17) is 4.42 Å². The van der Waals surface area contributed by atoms with Gasteiger partial charge in [0.05, 0.1) is 19.4 Å². The van der Waals surface area contributed by atoms with Gasteiger partial charge in [-0.1, -0.05) is 0 Å². The zero-order valence-electron chi connectivity index (χ0n) is 12.6. The van der Waals surface area contributed by atoms with E-state index in [1.807, 2.05) is 4.90 Å². The van der Waals surface area contributed by atoms with Crippen molar-refractivity contribution in [3.63, 3.8) is 0 Å². The first-order valence-electron chi connectivity index (χ1n) is 7.64. The zero-order chi connectivity index (χ0) is 16.4. The second-order valence-electron chi connectivity index (χ2n) is 5.98. The average Bonchev–Trinajstić information content (AvgIpc) is 2.93. The van der Waals surface area contributed by atoms with Crippen LogP contribution in [0, 0.1) is 5.92 Å². The van der Waals surface area contributed by atoms with E-state index in [2.05, 4.69) is 5.32 Å². The van der Waals surface area contributed by atoms with Gasteiger partial charge in [-0.3, -0.25) is 14.5 Å². The number of rotatable bonds is 5. The van der Waals surface area contributed by atoms with Crippen LogP contribution in [0.15, 0.2) is 22.8 Å². The molecule has 1 unspecified atom stereocenters. The SMILES string of the molecule is O=C(CN1CCN(C(=O)C2CC2(F)F)CC1)NCc1ccco1. The lowest BCUT2D eigenvalue weighted by Crippen LogP contribution is -2.51. The summed E-state index contributed by atoms with van der Waals surface area (Å²) in [6.07, 6.45) is 1.21. The van der Waals surface area contributed by atoms with Crippen molar-refractivity contribution < 1.29 is 22.8 Å². The molecule has 3 rings (SSSR count). The monoisotopic (exact) mass is 327 g/mol. The van der Waals surface area contributed by atoms with Crippen LogP contribution in [-0.2, 0) is 16.1 Å². The van der Waals surface area contributed by atoms with Crippen LogP contribution < -0.4 is 5.32 Å². The van der Waals surface area contributed by atoms with Crippen molar-refractivity contribution in [3.8, 4) is 0 Å². The highest BCUT2D eigenvalue weighted by Crippen LogP contribution is 2.49. The highest BCUT2D eigenvalue weighted by atomic mass is 19.3. The highest BCUT2D eigenvalue weighted by Gasteiger charge is 2.62. The first kappa shape index (κ1) is 15.9. The quantitative estimate of drug-likeness (QED) is 0.864. The standard InChI is InChI=1S/C15H19F2N3O3/c16-15(17)8-12(15)14(22)20-5-3-19(4-6-20)10-13(21)18-9-11-2-1-7-23-11/h1-2,7,12H,3-6,8-10H2,(H,18,21). The minimum absolute atomic E-state index is 0.130. The summed E-state index contributed by atoms with van der Waals surface area (Å²) in [5.41, 5.74) is 0. The van der Waals surface area contributed by atoms with Gasteiger partial charge in [-0.2, -0.15) is 0 Å². The van der Waals surface area contributed by atoms with Gasteiger partial charge in [-0.15, -0.1) is 0 Å². The number of hydrogen-bond acceptors (Lipinski definition) is 4. The molecule has 0 bridgehead atoms. The van der Waals surface area contributed by atoms with E-state index in [9.17, 15) is 18.4 Å². The molecule has 1 aromatic rings. The van der Waals surface area contributed by atoms with Crippen molar-refractivity contribution in [1.82, 2.24) is 15.1 Å². The summed E-state index contributed by atoms with van der Waals surface area (Å²) >= 11 is 0. The molecule has 0 spiro atoms. The molecule has 6 nitrogen and oxygen atoms in total. The third kappa shape index (κ3) is 3.87. The molecule has 1 saturated heterocycles. The number of furan rings is 1. The first-order valence-corrected chi connectivity index (χ1v) is 7.64. The molecule has 1 atom stereocenters. The molecule has 2 fully saturated rings. The van der Waals surface area contributed by atoms with E-state index in [1.54, 1.807) is 18.4 Å². The molecular weight excluding hydrogens is 308 g/mol.